The third kappa shape index (κ3) is 2.15. The molecule has 5 nitrogen and oxygen atoms in total. The molecule has 2 rings (SSSR count). The van der Waals surface area contributed by atoms with Crippen LogP contribution in [0.1, 0.15) is 28.4 Å². The second kappa shape index (κ2) is 4.39. The molecule has 1 aromatic carbocycles. The van der Waals surface area contributed by atoms with Gasteiger partial charge in [-0.1, -0.05) is 23.2 Å². The Hall–Kier alpha value is -1.43. The number of carbonyl (C=O) groups is 1. The van der Waals surface area contributed by atoms with E-state index < -0.39 is 5.97 Å². The molecule has 1 heterocycles. The van der Waals surface area contributed by atoms with Crippen molar-refractivity contribution in [2.75, 3.05) is 6.61 Å². The van der Waals surface area contributed by atoms with Crippen molar-refractivity contribution in [3.8, 4) is 0 Å². The lowest BCUT2D eigenvalue weighted by Gasteiger charge is -2.21. The lowest BCUT2D eigenvalue weighted by Crippen LogP contribution is -2.17. The van der Waals surface area contributed by atoms with Crippen LogP contribution in [0.3, 0.4) is 0 Å². The zero-order chi connectivity index (χ0) is 10.7. The molecule has 0 aromatic heterocycles. The molecule has 1 aliphatic heterocycles. The van der Waals surface area contributed by atoms with Crippen LogP contribution in [0.5, 0.6) is 0 Å². The van der Waals surface area contributed by atoms with Gasteiger partial charge in [0.25, 0.3) is 0 Å². The van der Waals surface area contributed by atoms with Crippen LogP contribution < -0.4 is 0 Å². The first kappa shape index (κ1) is 10.1. The first-order chi connectivity index (χ1) is 7.29. The van der Waals surface area contributed by atoms with Crippen LogP contribution >= 0.6 is 0 Å². The van der Waals surface area contributed by atoms with E-state index >= 15 is 0 Å². The summed E-state index contributed by atoms with van der Waals surface area (Å²) in [6.45, 7) is 0.388. The summed E-state index contributed by atoms with van der Waals surface area (Å²) in [5.41, 5.74) is 0.835. The van der Waals surface area contributed by atoms with Crippen molar-refractivity contribution in [2.45, 2.75) is 12.5 Å². The molecule has 1 aliphatic rings. The molecular formula is C10H10O5. The Morgan fingerprint density at radius 1 is 1.40 bits per heavy atom. The minimum absolute atomic E-state index is 0.230. The van der Waals surface area contributed by atoms with Crippen LogP contribution in [0.25, 0.3) is 0 Å². The van der Waals surface area contributed by atoms with Gasteiger partial charge in [0.2, 0.25) is 0 Å². The number of rotatable bonds is 2. The molecule has 0 bridgehead atoms. The van der Waals surface area contributed by atoms with Gasteiger partial charge in [-0.25, -0.2) is 9.68 Å². The normalized spacial score (nSPS) is 21.2. The quantitative estimate of drug-likeness (QED) is 0.752. The Morgan fingerprint density at radius 2 is 2.20 bits per heavy atom. The molecule has 15 heavy (non-hydrogen) atoms. The Morgan fingerprint density at radius 3 is 2.87 bits per heavy atom. The van der Waals surface area contributed by atoms with Crippen molar-refractivity contribution >= 4 is 5.97 Å². The van der Waals surface area contributed by atoms with Crippen LogP contribution in [0.2, 0.25) is 0 Å². The Balaban J connectivity index is 2.29. The summed E-state index contributed by atoms with van der Waals surface area (Å²) >= 11 is 0. The highest BCUT2D eigenvalue weighted by Gasteiger charge is 2.23. The molecule has 1 fully saturated rings. The standard InChI is InChI=1S/C10H10O5/c11-10(12)8-4-2-1-3-7(8)9-5-6-13-15-14-9/h1-4,9H,5-6H2,(H,11,12). The summed E-state index contributed by atoms with van der Waals surface area (Å²) < 4.78 is 0. The van der Waals surface area contributed by atoms with E-state index in [0.29, 0.717) is 18.6 Å². The minimum atomic E-state index is -0.972. The Kier molecular flexibility index (Phi) is 2.96. The number of carboxylic acid groups (broad SMARTS) is 1. The molecular weight excluding hydrogens is 200 g/mol. The van der Waals surface area contributed by atoms with Gasteiger partial charge in [-0.2, -0.15) is 4.89 Å². The molecule has 0 saturated carbocycles. The SMILES string of the molecule is O=C(O)c1ccccc1C1CCOOO1. The maximum absolute atomic E-state index is 10.9. The van der Waals surface area contributed by atoms with Crippen LogP contribution in [-0.2, 0) is 14.8 Å². The number of carboxylic acids is 1. The zero-order valence-corrected chi connectivity index (χ0v) is 7.88. The molecule has 1 saturated heterocycles. The fourth-order valence-electron chi connectivity index (χ4n) is 1.49. The predicted octanol–water partition coefficient (Wildman–Crippen LogP) is 1.71. The minimum Gasteiger partial charge on any atom is -0.478 e. The molecule has 0 spiro atoms. The summed E-state index contributed by atoms with van der Waals surface area (Å²) in [7, 11) is 0. The third-order valence-corrected chi connectivity index (χ3v) is 2.21. The van der Waals surface area contributed by atoms with Gasteiger partial charge in [-0.3, -0.25) is 0 Å². The number of benzene rings is 1. The third-order valence-electron chi connectivity index (χ3n) is 2.21. The van der Waals surface area contributed by atoms with Crippen LogP contribution in [0.15, 0.2) is 24.3 Å². The van der Waals surface area contributed by atoms with Crippen LogP contribution in [0.4, 0.5) is 0 Å². The molecule has 5 heteroatoms. The smallest absolute Gasteiger partial charge is 0.336 e. The summed E-state index contributed by atoms with van der Waals surface area (Å²) in [6, 6.07) is 6.69. The van der Waals surface area contributed by atoms with Gasteiger partial charge in [-0.15, -0.1) is 0 Å². The number of hydrogen-bond acceptors (Lipinski definition) is 4. The lowest BCUT2D eigenvalue weighted by molar-refractivity contribution is -0.551. The number of hydrogen-bond donors (Lipinski definition) is 1. The Bertz CT molecular complexity index is 357. The van der Waals surface area contributed by atoms with Gasteiger partial charge < -0.3 is 5.11 Å². The van der Waals surface area contributed by atoms with Crippen molar-refractivity contribution in [3.05, 3.63) is 35.4 Å². The Labute approximate surface area is 86.0 Å². The van der Waals surface area contributed by atoms with E-state index in [-0.39, 0.29) is 11.7 Å². The van der Waals surface area contributed by atoms with Crippen molar-refractivity contribution in [2.24, 2.45) is 0 Å². The van der Waals surface area contributed by atoms with Crippen molar-refractivity contribution < 1.29 is 24.7 Å². The van der Waals surface area contributed by atoms with Crippen LogP contribution in [0, 0.1) is 0 Å². The van der Waals surface area contributed by atoms with Gasteiger partial charge in [0.05, 0.1) is 12.2 Å². The van der Waals surface area contributed by atoms with Gasteiger partial charge in [-0.05, 0) is 11.6 Å². The maximum Gasteiger partial charge on any atom is 0.336 e. The predicted molar refractivity (Wildman–Crippen MR) is 48.9 cm³/mol. The molecule has 1 aromatic rings. The number of aromatic carboxylic acids is 1. The highest BCUT2D eigenvalue weighted by molar-refractivity contribution is 5.89. The van der Waals surface area contributed by atoms with E-state index in [0.717, 1.165) is 0 Å². The summed E-state index contributed by atoms with van der Waals surface area (Å²) in [5, 5.41) is 13.3. The summed E-state index contributed by atoms with van der Waals surface area (Å²) in [5.74, 6) is -0.972. The first-order valence-electron chi connectivity index (χ1n) is 4.56. The monoisotopic (exact) mass is 210 g/mol. The first-order valence-corrected chi connectivity index (χ1v) is 4.56. The van der Waals surface area contributed by atoms with Gasteiger partial charge in [0.15, 0.2) is 0 Å². The molecule has 0 radical (unpaired) electrons. The second-order valence-corrected chi connectivity index (χ2v) is 3.16. The van der Waals surface area contributed by atoms with Crippen molar-refractivity contribution in [1.29, 1.82) is 0 Å². The molecule has 1 atom stereocenters. The average molecular weight is 210 g/mol. The second-order valence-electron chi connectivity index (χ2n) is 3.16. The summed E-state index contributed by atoms with van der Waals surface area (Å²) in [4.78, 5) is 20.4. The highest BCUT2D eigenvalue weighted by atomic mass is 17.5. The van der Waals surface area contributed by atoms with Crippen molar-refractivity contribution in [1.82, 2.24) is 0 Å². The van der Waals surface area contributed by atoms with Gasteiger partial charge >= 0.3 is 5.97 Å². The molecule has 1 unspecified atom stereocenters. The maximum atomic E-state index is 10.9. The largest absolute Gasteiger partial charge is 0.478 e. The summed E-state index contributed by atoms with van der Waals surface area (Å²) in [6.07, 6.45) is 0.190. The van der Waals surface area contributed by atoms with E-state index in [9.17, 15) is 4.79 Å². The topological polar surface area (TPSA) is 65.0 Å². The fourth-order valence-corrected chi connectivity index (χ4v) is 1.49. The van der Waals surface area contributed by atoms with E-state index in [1.54, 1.807) is 18.2 Å². The lowest BCUT2D eigenvalue weighted by atomic mass is 10.0. The average Bonchev–Trinajstić information content (AvgIpc) is 2.30. The van der Waals surface area contributed by atoms with E-state index in [4.69, 9.17) is 9.99 Å². The van der Waals surface area contributed by atoms with E-state index in [1.165, 1.54) is 6.07 Å². The van der Waals surface area contributed by atoms with Crippen LogP contribution in [-0.4, -0.2) is 17.7 Å². The highest BCUT2D eigenvalue weighted by Crippen LogP contribution is 2.27. The zero-order valence-electron chi connectivity index (χ0n) is 7.88. The molecule has 1 N–H and O–H groups in total. The molecule has 0 amide bonds. The molecule has 0 aliphatic carbocycles. The molecule has 80 valence electrons. The van der Waals surface area contributed by atoms with E-state index in [1.807, 2.05) is 0 Å². The van der Waals surface area contributed by atoms with Crippen molar-refractivity contribution in [3.63, 3.8) is 0 Å². The fraction of sp³-hybridized carbons (Fsp3) is 0.300. The van der Waals surface area contributed by atoms with Gasteiger partial charge in [0.1, 0.15) is 6.10 Å². The van der Waals surface area contributed by atoms with Gasteiger partial charge in [0, 0.05) is 6.42 Å². The van der Waals surface area contributed by atoms with E-state index in [2.05, 4.69) is 9.93 Å².